The first-order chi connectivity index (χ1) is 13.3. The Balaban J connectivity index is 2.72. The molecule has 4 atom stereocenters. The van der Waals surface area contributed by atoms with Gasteiger partial charge in [-0.15, -0.1) is 0 Å². The predicted octanol–water partition coefficient (Wildman–Crippen LogP) is -1.18. The normalized spacial score (nSPS) is 15.2. The van der Waals surface area contributed by atoms with E-state index in [0.717, 1.165) is 5.56 Å². The van der Waals surface area contributed by atoms with Crippen LogP contribution in [0.3, 0.4) is 0 Å². The molecule has 0 saturated carbocycles. The number of aliphatic hydroxyl groups excluding tert-OH is 1. The van der Waals surface area contributed by atoms with Crippen LogP contribution in [0.4, 0.5) is 0 Å². The number of nitrogens with one attached hydrogen (secondary N) is 2. The second-order valence-electron chi connectivity index (χ2n) is 6.50. The van der Waals surface area contributed by atoms with E-state index in [1.807, 2.05) is 30.3 Å². The number of Topliss-reactive ketones (excluding diaryl/α,β-unsaturated/α-hetero) is 1. The Kier molecular flexibility index (Phi) is 10.3. The highest BCUT2D eigenvalue weighted by atomic mass is 16.5. The maximum absolute atomic E-state index is 12.5. The van der Waals surface area contributed by atoms with E-state index >= 15 is 0 Å². The maximum atomic E-state index is 12.5. The lowest BCUT2D eigenvalue weighted by Crippen LogP contribution is -2.58. The molecule has 1 rings (SSSR count). The van der Waals surface area contributed by atoms with Crippen LogP contribution in [0, 0.1) is 0 Å². The summed E-state index contributed by atoms with van der Waals surface area (Å²) < 4.78 is 5.54. The summed E-state index contributed by atoms with van der Waals surface area (Å²) in [6.45, 7) is 2.97. The highest BCUT2D eigenvalue weighted by Crippen LogP contribution is 2.05. The van der Waals surface area contributed by atoms with Gasteiger partial charge in [-0.2, -0.15) is 0 Å². The number of carbonyl (C=O) groups excluding carboxylic acids is 3. The Bertz CT molecular complexity index is 638. The number of nitrogens with two attached hydrogens (primary N) is 2. The summed E-state index contributed by atoms with van der Waals surface area (Å²) in [7, 11) is 0. The van der Waals surface area contributed by atoms with Gasteiger partial charge >= 0.3 is 0 Å². The molecule has 7 N–H and O–H groups in total. The van der Waals surface area contributed by atoms with E-state index < -0.39 is 36.1 Å². The Labute approximate surface area is 164 Å². The zero-order chi connectivity index (χ0) is 21.1. The number of hydrogen-bond acceptors (Lipinski definition) is 7. The highest BCUT2D eigenvalue weighted by Gasteiger charge is 2.30. The molecule has 0 aliphatic rings. The largest absolute Gasteiger partial charge is 0.391 e. The van der Waals surface area contributed by atoms with Crippen molar-refractivity contribution in [2.45, 2.75) is 51.2 Å². The van der Waals surface area contributed by atoms with Gasteiger partial charge in [-0.05, 0) is 32.4 Å². The van der Waals surface area contributed by atoms with Crippen molar-refractivity contribution >= 4 is 17.6 Å². The molecule has 0 saturated heterocycles. The van der Waals surface area contributed by atoms with Crippen LogP contribution in [0.25, 0.3) is 0 Å². The molecule has 9 nitrogen and oxygen atoms in total. The van der Waals surface area contributed by atoms with Gasteiger partial charge < -0.3 is 31.9 Å². The first-order valence-corrected chi connectivity index (χ1v) is 9.15. The molecule has 0 radical (unpaired) electrons. The average molecular weight is 394 g/mol. The quantitative estimate of drug-likeness (QED) is 0.298. The third-order valence-electron chi connectivity index (χ3n) is 4.13. The van der Waals surface area contributed by atoms with E-state index in [2.05, 4.69) is 10.6 Å². The number of amides is 2. The molecule has 28 heavy (non-hydrogen) atoms. The average Bonchev–Trinajstić information content (AvgIpc) is 2.66. The molecule has 0 spiro atoms. The number of carbonyl (C=O) groups is 3. The van der Waals surface area contributed by atoms with Crippen molar-refractivity contribution in [1.29, 1.82) is 0 Å². The molecule has 0 aromatic heterocycles. The van der Waals surface area contributed by atoms with Crippen molar-refractivity contribution in [1.82, 2.24) is 10.6 Å². The monoisotopic (exact) mass is 394 g/mol. The molecule has 2 amide bonds. The first-order valence-electron chi connectivity index (χ1n) is 9.15. The summed E-state index contributed by atoms with van der Waals surface area (Å²) in [5.74, 6) is -1.57. The zero-order valence-electron chi connectivity index (χ0n) is 16.3. The minimum Gasteiger partial charge on any atom is -0.391 e. The molecule has 156 valence electrons. The number of ether oxygens (including phenoxy) is 1. The van der Waals surface area contributed by atoms with Crippen LogP contribution in [-0.2, 0) is 25.7 Å². The van der Waals surface area contributed by atoms with E-state index in [-0.39, 0.29) is 31.9 Å². The second kappa shape index (κ2) is 12.2. The maximum Gasteiger partial charge on any atom is 0.251 e. The zero-order valence-corrected chi connectivity index (χ0v) is 16.3. The Morgan fingerprint density at radius 3 is 2.25 bits per heavy atom. The van der Waals surface area contributed by atoms with E-state index in [9.17, 15) is 19.5 Å². The van der Waals surface area contributed by atoms with Gasteiger partial charge in [0.25, 0.3) is 5.91 Å². The molecule has 9 heteroatoms. The van der Waals surface area contributed by atoms with Crippen molar-refractivity contribution < 1.29 is 24.2 Å². The lowest BCUT2D eigenvalue weighted by molar-refractivity contribution is -0.139. The van der Waals surface area contributed by atoms with E-state index in [0.29, 0.717) is 0 Å². The summed E-state index contributed by atoms with van der Waals surface area (Å²) >= 11 is 0. The van der Waals surface area contributed by atoms with Crippen LogP contribution >= 0.6 is 0 Å². The Morgan fingerprint density at radius 1 is 1.11 bits per heavy atom. The van der Waals surface area contributed by atoms with Crippen LogP contribution in [0.15, 0.2) is 30.3 Å². The van der Waals surface area contributed by atoms with Crippen molar-refractivity contribution in [3.63, 3.8) is 0 Å². The fourth-order valence-electron chi connectivity index (χ4n) is 2.48. The molecule has 0 aliphatic carbocycles. The topological polar surface area (TPSA) is 157 Å². The van der Waals surface area contributed by atoms with Crippen LogP contribution in [0.1, 0.15) is 25.8 Å². The molecule has 0 fully saturated rings. The van der Waals surface area contributed by atoms with Gasteiger partial charge in [-0.1, -0.05) is 30.3 Å². The SMILES string of the molecule is CC(=O)[C@H](CCN)NC(=O)[C@@H](NC(=O)[C@H](CN)OCc1ccccc1)[C@H](C)O. The molecule has 0 unspecified atom stereocenters. The predicted molar refractivity (Wildman–Crippen MR) is 104 cm³/mol. The molecule has 1 aromatic rings. The second-order valence-corrected chi connectivity index (χ2v) is 6.50. The van der Waals surface area contributed by atoms with Gasteiger partial charge in [0.15, 0.2) is 5.78 Å². The fraction of sp³-hybridized carbons (Fsp3) is 0.526. The van der Waals surface area contributed by atoms with Crippen LogP contribution in [0.2, 0.25) is 0 Å². The molecular weight excluding hydrogens is 364 g/mol. The molecule has 0 aliphatic heterocycles. The van der Waals surface area contributed by atoms with E-state index in [4.69, 9.17) is 16.2 Å². The minimum absolute atomic E-state index is 0.101. The smallest absolute Gasteiger partial charge is 0.251 e. The summed E-state index contributed by atoms with van der Waals surface area (Å²) in [6.07, 6.45) is -1.93. The summed E-state index contributed by atoms with van der Waals surface area (Å²) in [4.78, 5) is 36.5. The number of benzene rings is 1. The van der Waals surface area contributed by atoms with Crippen molar-refractivity contribution in [3.8, 4) is 0 Å². The van der Waals surface area contributed by atoms with Crippen molar-refractivity contribution in [2.75, 3.05) is 13.1 Å². The van der Waals surface area contributed by atoms with E-state index in [1.165, 1.54) is 13.8 Å². The minimum atomic E-state index is -1.26. The van der Waals surface area contributed by atoms with Crippen LogP contribution in [0.5, 0.6) is 0 Å². The molecular formula is C19H30N4O5. The van der Waals surface area contributed by atoms with Crippen LogP contribution in [-0.4, -0.2) is 60.1 Å². The molecule has 0 heterocycles. The Morgan fingerprint density at radius 2 is 1.75 bits per heavy atom. The van der Waals surface area contributed by atoms with Crippen LogP contribution < -0.4 is 22.1 Å². The van der Waals surface area contributed by atoms with Gasteiger partial charge in [-0.3, -0.25) is 14.4 Å². The first kappa shape index (κ1) is 23.7. The lowest BCUT2D eigenvalue weighted by atomic mass is 10.1. The van der Waals surface area contributed by atoms with Gasteiger partial charge in [0, 0.05) is 6.54 Å². The third-order valence-corrected chi connectivity index (χ3v) is 4.13. The van der Waals surface area contributed by atoms with Crippen molar-refractivity contribution in [2.24, 2.45) is 11.5 Å². The summed E-state index contributed by atoms with van der Waals surface area (Å²) in [6, 6.07) is 7.19. The summed E-state index contributed by atoms with van der Waals surface area (Å²) in [5, 5.41) is 14.9. The molecule has 1 aromatic carbocycles. The van der Waals surface area contributed by atoms with Gasteiger partial charge in [0.05, 0.1) is 18.8 Å². The fourth-order valence-corrected chi connectivity index (χ4v) is 2.48. The van der Waals surface area contributed by atoms with E-state index in [1.54, 1.807) is 0 Å². The number of hydrogen-bond donors (Lipinski definition) is 5. The third kappa shape index (κ3) is 7.73. The molecule has 0 bridgehead atoms. The Hall–Kier alpha value is -2.33. The number of aliphatic hydroxyl groups is 1. The highest BCUT2D eigenvalue weighted by molar-refractivity contribution is 5.93. The number of rotatable bonds is 12. The van der Waals surface area contributed by atoms with Crippen molar-refractivity contribution in [3.05, 3.63) is 35.9 Å². The van der Waals surface area contributed by atoms with Gasteiger partial charge in [0.2, 0.25) is 5.91 Å². The van der Waals surface area contributed by atoms with Gasteiger partial charge in [0.1, 0.15) is 12.1 Å². The van der Waals surface area contributed by atoms with Gasteiger partial charge in [-0.25, -0.2) is 0 Å². The number of ketones is 1. The summed E-state index contributed by atoms with van der Waals surface area (Å²) in [5.41, 5.74) is 11.9. The lowest BCUT2D eigenvalue weighted by Gasteiger charge is -2.25. The standard InChI is InChI=1S/C19H30N4O5/c1-12(24)15(8-9-20)22-19(27)17(13(2)25)23-18(26)16(10-21)28-11-14-6-4-3-5-7-14/h3-7,13,15-17,25H,8-11,20-21H2,1-2H3,(H,22,27)(H,23,26)/t13-,15-,16-,17-/m0/s1.